The van der Waals surface area contributed by atoms with Crippen LogP contribution >= 0.6 is 0 Å². The van der Waals surface area contributed by atoms with Crippen LogP contribution < -0.4 is 0 Å². The quantitative estimate of drug-likeness (QED) is 0.851. The van der Waals surface area contributed by atoms with Crippen molar-refractivity contribution in [3.8, 4) is 0 Å². The van der Waals surface area contributed by atoms with Crippen LogP contribution in [0.15, 0.2) is 41.0 Å². The maximum absolute atomic E-state index is 13.1. The molecule has 0 aromatic heterocycles. The van der Waals surface area contributed by atoms with E-state index in [4.69, 9.17) is 4.74 Å². The number of aryl methyl sites for hydroxylation is 1. The van der Waals surface area contributed by atoms with Gasteiger partial charge in [-0.3, -0.25) is 0 Å². The van der Waals surface area contributed by atoms with Crippen molar-refractivity contribution in [1.29, 1.82) is 0 Å². The highest BCUT2D eigenvalue weighted by atomic mass is 32.2. The average molecular weight is 308 g/mol. The molecule has 0 N–H and O–H groups in total. The molecule has 1 aromatic rings. The van der Waals surface area contributed by atoms with Gasteiger partial charge in [-0.05, 0) is 43.4 Å². The molecule has 1 heterocycles. The normalized spacial score (nSPS) is 17.8. The van der Waals surface area contributed by atoms with Crippen LogP contribution in [-0.4, -0.2) is 20.3 Å². The summed E-state index contributed by atoms with van der Waals surface area (Å²) in [6.45, 7) is 8.39. The third-order valence-electron chi connectivity index (χ3n) is 3.67. The minimum absolute atomic E-state index is 0.364. The van der Waals surface area contributed by atoms with Crippen LogP contribution in [0.3, 0.4) is 0 Å². The van der Waals surface area contributed by atoms with E-state index >= 15 is 0 Å². The zero-order chi connectivity index (χ0) is 15.7. The molecule has 0 aliphatic carbocycles. The van der Waals surface area contributed by atoms with Crippen LogP contribution in [0.5, 0.6) is 0 Å². The Morgan fingerprint density at radius 1 is 1.14 bits per heavy atom. The Labute approximate surface area is 127 Å². The minimum atomic E-state index is -3.47. The van der Waals surface area contributed by atoms with E-state index in [1.54, 1.807) is 12.1 Å². The summed E-state index contributed by atoms with van der Waals surface area (Å²) in [5.41, 5.74) is 0.627. The van der Waals surface area contributed by atoms with Gasteiger partial charge in [0.2, 0.25) is 0 Å². The van der Waals surface area contributed by atoms with Crippen LogP contribution in [0.4, 0.5) is 0 Å². The molecule has 1 aliphatic rings. The van der Waals surface area contributed by atoms with Crippen molar-refractivity contribution in [2.24, 2.45) is 5.41 Å². The second kappa shape index (κ2) is 5.84. The molecule has 1 aromatic carbocycles. The van der Waals surface area contributed by atoms with Gasteiger partial charge in [-0.15, -0.1) is 0 Å². The van der Waals surface area contributed by atoms with Crippen molar-refractivity contribution in [1.82, 2.24) is 0 Å². The van der Waals surface area contributed by atoms with Gasteiger partial charge in [-0.1, -0.05) is 38.5 Å². The number of sulfone groups is 1. The van der Waals surface area contributed by atoms with E-state index in [9.17, 15) is 8.42 Å². The predicted molar refractivity (Wildman–Crippen MR) is 84.9 cm³/mol. The van der Waals surface area contributed by atoms with Crippen molar-refractivity contribution in [3.05, 3.63) is 41.7 Å². The molecule has 0 spiro atoms. The van der Waals surface area contributed by atoms with Gasteiger partial charge in [0.05, 0.1) is 11.5 Å². The van der Waals surface area contributed by atoms with E-state index < -0.39 is 20.5 Å². The molecule has 0 fully saturated rings. The van der Waals surface area contributed by atoms with E-state index in [0.29, 0.717) is 17.3 Å². The third kappa shape index (κ3) is 3.49. The van der Waals surface area contributed by atoms with Gasteiger partial charge in [0.15, 0.2) is 9.84 Å². The largest absolute Gasteiger partial charge is 0.497 e. The van der Waals surface area contributed by atoms with E-state index in [1.807, 2.05) is 45.9 Å². The van der Waals surface area contributed by atoms with Crippen molar-refractivity contribution >= 4 is 9.84 Å². The van der Waals surface area contributed by atoms with Gasteiger partial charge >= 0.3 is 0 Å². The van der Waals surface area contributed by atoms with Crippen molar-refractivity contribution in [2.75, 3.05) is 6.61 Å². The highest BCUT2D eigenvalue weighted by Gasteiger charge is 2.41. The van der Waals surface area contributed by atoms with E-state index in [-0.39, 0.29) is 0 Å². The lowest BCUT2D eigenvalue weighted by Gasteiger charge is -2.33. The number of hydrogen-bond donors (Lipinski definition) is 0. The lowest BCUT2D eigenvalue weighted by atomic mass is 9.89. The predicted octanol–water partition coefficient (Wildman–Crippen LogP) is 3.88. The molecular formula is C17H24O3S. The smallest absolute Gasteiger partial charge is 0.188 e. The highest BCUT2D eigenvalue weighted by Crippen LogP contribution is 2.37. The monoisotopic (exact) mass is 308 g/mol. The van der Waals surface area contributed by atoms with Crippen molar-refractivity contribution < 1.29 is 13.2 Å². The number of hydrogen-bond acceptors (Lipinski definition) is 3. The summed E-state index contributed by atoms with van der Waals surface area (Å²) in [5.74, 6) is 0.606. The second-order valence-electron chi connectivity index (χ2n) is 6.70. The fourth-order valence-electron chi connectivity index (χ4n) is 2.67. The molecule has 1 atom stereocenters. The first-order valence-electron chi connectivity index (χ1n) is 7.36. The summed E-state index contributed by atoms with van der Waals surface area (Å²) in [7, 11) is -3.47. The molecule has 0 bridgehead atoms. The fraction of sp³-hybridized carbons (Fsp3) is 0.529. The molecule has 0 amide bonds. The zero-order valence-electron chi connectivity index (χ0n) is 13.2. The summed E-state index contributed by atoms with van der Waals surface area (Å²) >= 11 is 0. The minimum Gasteiger partial charge on any atom is -0.497 e. The summed E-state index contributed by atoms with van der Waals surface area (Å²) in [4.78, 5) is 0.364. The van der Waals surface area contributed by atoms with Crippen LogP contribution in [-0.2, 0) is 14.6 Å². The first kappa shape index (κ1) is 16.1. The molecule has 1 aliphatic heterocycles. The van der Waals surface area contributed by atoms with E-state index in [2.05, 4.69) is 0 Å². The van der Waals surface area contributed by atoms with E-state index in [0.717, 1.165) is 18.4 Å². The Bertz CT molecular complexity index is 619. The first-order chi connectivity index (χ1) is 9.73. The van der Waals surface area contributed by atoms with Crippen molar-refractivity contribution in [3.63, 3.8) is 0 Å². The SMILES string of the molecule is Cc1ccc(S(=O)(=O)C(C2=CCCCO2)C(C)(C)C)cc1. The first-order valence-corrected chi connectivity index (χ1v) is 8.91. The topological polar surface area (TPSA) is 43.4 Å². The highest BCUT2D eigenvalue weighted by molar-refractivity contribution is 7.92. The number of allylic oxidation sites excluding steroid dienone is 1. The molecule has 0 saturated carbocycles. The molecule has 4 heteroatoms. The fourth-order valence-corrected chi connectivity index (χ4v) is 4.86. The van der Waals surface area contributed by atoms with Crippen LogP contribution in [0.25, 0.3) is 0 Å². The second-order valence-corrected chi connectivity index (χ2v) is 8.73. The number of rotatable bonds is 3. The average Bonchev–Trinajstić information content (AvgIpc) is 2.38. The molecule has 1 unspecified atom stereocenters. The van der Waals surface area contributed by atoms with Gasteiger partial charge in [0, 0.05) is 0 Å². The Kier molecular flexibility index (Phi) is 4.47. The van der Waals surface area contributed by atoms with Gasteiger partial charge < -0.3 is 4.74 Å². The molecule has 3 nitrogen and oxygen atoms in total. The molecule has 21 heavy (non-hydrogen) atoms. The Hall–Kier alpha value is -1.29. The van der Waals surface area contributed by atoms with Crippen molar-refractivity contribution in [2.45, 2.75) is 50.7 Å². The van der Waals surface area contributed by atoms with E-state index in [1.165, 1.54) is 0 Å². The maximum atomic E-state index is 13.1. The summed E-state index contributed by atoms with van der Waals surface area (Å²) in [6, 6.07) is 7.05. The number of ether oxygens (including phenoxy) is 1. The van der Waals surface area contributed by atoms with Crippen LogP contribution in [0.2, 0.25) is 0 Å². The lowest BCUT2D eigenvalue weighted by Crippen LogP contribution is -2.38. The Balaban J connectivity index is 2.49. The van der Waals surface area contributed by atoms with Crippen LogP contribution in [0.1, 0.15) is 39.2 Å². The maximum Gasteiger partial charge on any atom is 0.188 e. The molecule has 116 valence electrons. The Morgan fingerprint density at radius 2 is 1.76 bits per heavy atom. The van der Waals surface area contributed by atoms with Gasteiger partial charge in [-0.25, -0.2) is 8.42 Å². The molecule has 0 radical (unpaired) electrons. The molecule has 0 saturated heterocycles. The third-order valence-corrected chi connectivity index (χ3v) is 6.16. The summed E-state index contributed by atoms with van der Waals surface area (Å²) in [5, 5.41) is -0.645. The standard InChI is InChI=1S/C17H24O3S/c1-13-8-10-14(11-9-13)21(18,19)16(17(2,3)4)15-7-5-6-12-20-15/h7-11,16H,5-6,12H2,1-4H3. The summed E-state index contributed by atoms with van der Waals surface area (Å²) < 4.78 is 31.8. The van der Waals surface area contributed by atoms with Gasteiger partial charge in [-0.2, -0.15) is 0 Å². The Morgan fingerprint density at radius 3 is 2.24 bits per heavy atom. The van der Waals surface area contributed by atoms with Gasteiger partial charge in [0.1, 0.15) is 11.0 Å². The molecule has 2 rings (SSSR count). The number of benzene rings is 1. The molecular weight excluding hydrogens is 284 g/mol. The zero-order valence-corrected chi connectivity index (χ0v) is 14.0. The summed E-state index contributed by atoms with van der Waals surface area (Å²) in [6.07, 6.45) is 3.77. The lowest BCUT2D eigenvalue weighted by molar-refractivity contribution is 0.165. The van der Waals surface area contributed by atoms with Crippen LogP contribution in [0, 0.1) is 12.3 Å². The van der Waals surface area contributed by atoms with Gasteiger partial charge in [0.25, 0.3) is 0 Å².